The third kappa shape index (κ3) is 1.90. The Morgan fingerprint density at radius 2 is 2.35 bits per heavy atom. The van der Waals surface area contributed by atoms with Gasteiger partial charge < -0.3 is 4.40 Å². The van der Waals surface area contributed by atoms with Crippen LogP contribution in [-0.4, -0.2) is 20.3 Å². The highest BCUT2D eigenvalue weighted by Gasteiger charge is 2.11. The van der Waals surface area contributed by atoms with Crippen molar-refractivity contribution in [2.45, 2.75) is 0 Å². The number of nitrogens with zero attached hydrogens (tertiary/aromatic N) is 3. The zero-order valence-corrected chi connectivity index (χ0v) is 9.52. The molecule has 0 saturated heterocycles. The largest absolute Gasteiger partial charge is 0.306 e. The third-order valence-corrected chi connectivity index (χ3v) is 2.94. The van der Waals surface area contributed by atoms with Crippen LogP contribution in [0.4, 0.5) is 5.13 Å². The molecule has 6 heteroatoms. The van der Waals surface area contributed by atoms with Gasteiger partial charge in [-0.15, -0.1) is 11.3 Å². The quantitative estimate of drug-likeness (QED) is 0.750. The van der Waals surface area contributed by atoms with Gasteiger partial charge in [0.2, 0.25) is 0 Å². The second-order valence-electron chi connectivity index (χ2n) is 3.38. The first-order chi connectivity index (χ1) is 8.33. The zero-order chi connectivity index (χ0) is 11.7. The van der Waals surface area contributed by atoms with Crippen LogP contribution in [0.1, 0.15) is 10.5 Å². The van der Waals surface area contributed by atoms with Crippen molar-refractivity contribution < 1.29 is 4.79 Å². The van der Waals surface area contributed by atoms with Gasteiger partial charge in [-0.2, -0.15) is 0 Å². The van der Waals surface area contributed by atoms with E-state index in [0.717, 1.165) is 5.65 Å². The molecule has 17 heavy (non-hydrogen) atoms. The Kier molecular flexibility index (Phi) is 2.34. The fraction of sp³-hybridized carbons (Fsp3) is 0. The lowest BCUT2D eigenvalue weighted by Gasteiger charge is -1.95. The van der Waals surface area contributed by atoms with E-state index in [1.54, 1.807) is 22.2 Å². The molecular weight excluding hydrogens is 236 g/mol. The summed E-state index contributed by atoms with van der Waals surface area (Å²) in [5.41, 5.74) is 1.13. The minimum absolute atomic E-state index is 0.247. The van der Waals surface area contributed by atoms with Crippen LogP contribution in [0.15, 0.2) is 42.2 Å². The van der Waals surface area contributed by atoms with Crippen LogP contribution in [0.5, 0.6) is 0 Å². The molecule has 1 amide bonds. The van der Waals surface area contributed by atoms with Crippen molar-refractivity contribution in [2.24, 2.45) is 0 Å². The van der Waals surface area contributed by atoms with E-state index in [0.29, 0.717) is 10.8 Å². The molecule has 0 aliphatic carbocycles. The minimum atomic E-state index is -0.247. The summed E-state index contributed by atoms with van der Waals surface area (Å²) in [6.07, 6.45) is 5.19. The van der Waals surface area contributed by atoms with Crippen LogP contribution in [-0.2, 0) is 0 Å². The second kappa shape index (κ2) is 3.99. The van der Waals surface area contributed by atoms with Crippen molar-refractivity contribution in [1.29, 1.82) is 0 Å². The van der Waals surface area contributed by atoms with E-state index in [-0.39, 0.29) is 5.91 Å². The Morgan fingerprint density at radius 1 is 1.41 bits per heavy atom. The van der Waals surface area contributed by atoms with Gasteiger partial charge in [0, 0.05) is 24.0 Å². The number of anilines is 1. The highest BCUT2D eigenvalue weighted by molar-refractivity contribution is 7.13. The molecule has 5 nitrogen and oxygen atoms in total. The van der Waals surface area contributed by atoms with Gasteiger partial charge in [-0.05, 0) is 12.1 Å². The molecule has 0 radical (unpaired) electrons. The number of nitrogens with one attached hydrogen (secondary N) is 1. The highest BCUT2D eigenvalue weighted by atomic mass is 32.1. The van der Waals surface area contributed by atoms with Crippen molar-refractivity contribution in [3.05, 3.63) is 47.9 Å². The van der Waals surface area contributed by atoms with Crippen LogP contribution in [0.25, 0.3) is 5.65 Å². The lowest BCUT2D eigenvalue weighted by molar-refractivity contribution is 0.102. The standard InChI is InChI=1S/C11H8N4OS/c16-10(14-11-12-4-6-17-11)8-7-15-5-2-1-3-9(15)13-8/h1-7H,(H,12,14,16). The van der Waals surface area contributed by atoms with Gasteiger partial charge in [0.25, 0.3) is 5.91 Å². The zero-order valence-electron chi connectivity index (χ0n) is 8.70. The van der Waals surface area contributed by atoms with E-state index in [9.17, 15) is 4.79 Å². The molecular formula is C11H8N4OS. The van der Waals surface area contributed by atoms with Crippen molar-refractivity contribution in [1.82, 2.24) is 14.4 Å². The van der Waals surface area contributed by atoms with E-state index >= 15 is 0 Å². The molecule has 0 unspecified atom stereocenters. The summed E-state index contributed by atoms with van der Waals surface area (Å²) >= 11 is 1.38. The van der Waals surface area contributed by atoms with Crippen LogP contribution in [0, 0.1) is 0 Å². The maximum absolute atomic E-state index is 11.9. The monoisotopic (exact) mass is 244 g/mol. The predicted octanol–water partition coefficient (Wildman–Crippen LogP) is 2.04. The average molecular weight is 244 g/mol. The van der Waals surface area contributed by atoms with Gasteiger partial charge in [-0.3, -0.25) is 10.1 Å². The van der Waals surface area contributed by atoms with Gasteiger partial charge >= 0.3 is 0 Å². The van der Waals surface area contributed by atoms with Gasteiger partial charge in [0.05, 0.1) is 0 Å². The van der Waals surface area contributed by atoms with E-state index < -0.39 is 0 Å². The summed E-state index contributed by atoms with van der Waals surface area (Å²) in [6, 6.07) is 5.61. The Morgan fingerprint density at radius 3 is 3.12 bits per heavy atom. The smallest absolute Gasteiger partial charge is 0.277 e. The Balaban J connectivity index is 1.90. The topological polar surface area (TPSA) is 59.3 Å². The molecule has 0 aliphatic rings. The molecule has 0 aliphatic heterocycles. The number of carbonyl (C=O) groups excluding carboxylic acids is 1. The van der Waals surface area contributed by atoms with Gasteiger partial charge in [0.1, 0.15) is 11.3 Å². The van der Waals surface area contributed by atoms with E-state index in [4.69, 9.17) is 0 Å². The lowest BCUT2D eigenvalue weighted by Crippen LogP contribution is -2.11. The van der Waals surface area contributed by atoms with E-state index in [1.165, 1.54) is 11.3 Å². The summed E-state index contributed by atoms with van der Waals surface area (Å²) in [4.78, 5) is 20.1. The number of imidazole rings is 1. The first-order valence-electron chi connectivity index (χ1n) is 4.97. The number of thiazole rings is 1. The summed E-state index contributed by atoms with van der Waals surface area (Å²) in [5, 5.41) is 5.07. The molecule has 3 aromatic rings. The number of aromatic nitrogens is 3. The lowest BCUT2D eigenvalue weighted by atomic mass is 10.4. The molecule has 3 heterocycles. The molecule has 0 saturated carbocycles. The number of pyridine rings is 1. The third-order valence-electron chi connectivity index (χ3n) is 2.25. The Bertz CT molecular complexity index is 626. The number of hydrogen-bond donors (Lipinski definition) is 1. The average Bonchev–Trinajstić information content (AvgIpc) is 2.96. The van der Waals surface area contributed by atoms with Crippen molar-refractivity contribution in [3.63, 3.8) is 0 Å². The number of rotatable bonds is 2. The SMILES string of the molecule is O=C(Nc1nccs1)c1cn2ccccc2n1. The van der Waals surface area contributed by atoms with E-state index in [2.05, 4.69) is 15.3 Å². The normalized spacial score (nSPS) is 10.6. The molecule has 1 N–H and O–H groups in total. The fourth-order valence-corrected chi connectivity index (χ4v) is 2.01. The van der Waals surface area contributed by atoms with E-state index in [1.807, 2.05) is 24.4 Å². The summed E-state index contributed by atoms with van der Waals surface area (Å²) in [5.74, 6) is -0.247. The Labute approximate surface area is 101 Å². The molecule has 3 aromatic heterocycles. The second-order valence-corrected chi connectivity index (χ2v) is 4.28. The summed E-state index contributed by atoms with van der Waals surface area (Å²) in [7, 11) is 0. The van der Waals surface area contributed by atoms with Crippen LogP contribution < -0.4 is 5.32 Å². The van der Waals surface area contributed by atoms with Crippen LogP contribution in [0.3, 0.4) is 0 Å². The number of fused-ring (bicyclic) bond motifs is 1. The van der Waals surface area contributed by atoms with Crippen molar-refractivity contribution >= 4 is 28.0 Å². The van der Waals surface area contributed by atoms with Gasteiger partial charge in [0.15, 0.2) is 5.13 Å². The van der Waals surface area contributed by atoms with Crippen molar-refractivity contribution in [2.75, 3.05) is 5.32 Å². The number of amides is 1. The van der Waals surface area contributed by atoms with Crippen LogP contribution >= 0.6 is 11.3 Å². The summed E-state index contributed by atoms with van der Waals surface area (Å²) < 4.78 is 1.80. The number of hydrogen-bond acceptors (Lipinski definition) is 4. The molecule has 0 spiro atoms. The maximum Gasteiger partial charge on any atom is 0.277 e. The first kappa shape index (κ1) is 9.98. The van der Waals surface area contributed by atoms with Gasteiger partial charge in [-0.1, -0.05) is 6.07 Å². The molecule has 0 fully saturated rings. The van der Waals surface area contributed by atoms with Crippen LogP contribution in [0.2, 0.25) is 0 Å². The predicted molar refractivity (Wildman–Crippen MR) is 65.3 cm³/mol. The molecule has 0 aromatic carbocycles. The molecule has 3 rings (SSSR count). The molecule has 84 valence electrons. The molecule has 0 atom stereocenters. The van der Waals surface area contributed by atoms with Gasteiger partial charge in [-0.25, -0.2) is 9.97 Å². The highest BCUT2D eigenvalue weighted by Crippen LogP contribution is 2.12. The maximum atomic E-state index is 11.9. The Hall–Kier alpha value is -2.21. The summed E-state index contributed by atoms with van der Waals surface area (Å²) in [6.45, 7) is 0. The molecule has 0 bridgehead atoms. The minimum Gasteiger partial charge on any atom is -0.306 e. The fourth-order valence-electron chi connectivity index (χ4n) is 1.49. The first-order valence-corrected chi connectivity index (χ1v) is 5.85. The number of carbonyl (C=O) groups is 1. The van der Waals surface area contributed by atoms with Crippen molar-refractivity contribution in [3.8, 4) is 0 Å².